The van der Waals surface area contributed by atoms with Crippen LogP contribution in [0, 0.1) is 0 Å². The van der Waals surface area contributed by atoms with Crippen molar-refractivity contribution in [2.45, 2.75) is 19.3 Å². The van der Waals surface area contributed by atoms with Crippen molar-refractivity contribution in [3.8, 4) is 67.3 Å². The van der Waals surface area contributed by atoms with E-state index in [4.69, 9.17) is 9.97 Å². The quantitative estimate of drug-likeness (QED) is 0.176. The lowest BCUT2D eigenvalue weighted by Crippen LogP contribution is -2.16. The predicted octanol–water partition coefficient (Wildman–Crippen LogP) is 14.6. The van der Waals surface area contributed by atoms with E-state index in [-0.39, 0.29) is 5.41 Å². The van der Waals surface area contributed by atoms with E-state index in [0.717, 1.165) is 33.5 Å². The Morgan fingerprint density at radius 2 is 0.842 bits per heavy atom. The third-order valence-corrected chi connectivity index (χ3v) is 12.0. The maximum atomic E-state index is 5.26. The van der Waals surface area contributed by atoms with E-state index in [0.29, 0.717) is 5.82 Å². The summed E-state index contributed by atoms with van der Waals surface area (Å²) < 4.78 is 0. The Balaban J connectivity index is 1.01. The molecule has 0 spiro atoms. The molecule has 0 amide bonds. The number of rotatable bonds is 5. The van der Waals surface area contributed by atoms with Crippen LogP contribution in [0.4, 0.5) is 0 Å². The van der Waals surface area contributed by atoms with Crippen LogP contribution in [0.1, 0.15) is 25.0 Å². The molecule has 0 N–H and O–H groups in total. The third-order valence-electron chi connectivity index (χ3n) is 12.0. The first-order valence-corrected chi connectivity index (χ1v) is 19.7. The topological polar surface area (TPSA) is 25.8 Å². The largest absolute Gasteiger partial charge is 0.228 e. The molecule has 0 fully saturated rings. The van der Waals surface area contributed by atoms with E-state index >= 15 is 0 Å². The molecule has 2 nitrogen and oxygen atoms in total. The van der Waals surface area contributed by atoms with Gasteiger partial charge in [0.1, 0.15) is 0 Å². The summed E-state index contributed by atoms with van der Waals surface area (Å²) in [6.45, 7) is 4.78. The molecular formula is C55H38N2. The first-order valence-electron chi connectivity index (χ1n) is 19.7. The number of hydrogen-bond donors (Lipinski definition) is 0. The van der Waals surface area contributed by atoms with E-state index in [9.17, 15) is 0 Å². The Bertz CT molecular complexity index is 3190. The first-order chi connectivity index (χ1) is 28.0. The lowest BCUT2D eigenvalue weighted by atomic mass is 9.77. The fraction of sp³-hybridized carbons (Fsp3) is 0.0545. The summed E-state index contributed by atoms with van der Waals surface area (Å²) in [4.78, 5) is 10.5. The molecular weight excluding hydrogens is 689 g/mol. The summed E-state index contributed by atoms with van der Waals surface area (Å²) in [6, 6.07) is 70.0. The average molecular weight is 727 g/mol. The van der Waals surface area contributed by atoms with Gasteiger partial charge in [0.15, 0.2) is 5.82 Å². The zero-order valence-corrected chi connectivity index (χ0v) is 31.9. The van der Waals surface area contributed by atoms with Crippen molar-refractivity contribution < 1.29 is 0 Å². The second-order valence-electron chi connectivity index (χ2n) is 15.7. The van der Waals surface area contributed by atoms with Gasteiger partial charge in [0.05, 0.1) is 11.4 Å². The molecule has 0 aliphatic heterocycles. The van der Waals surface area contributed by atoms with Gasteiger partial charge >= 0.3 is 0 Å². The predicted molar refractivity (Wildman–Crippen MR) is 239 cm³/mol. The van der Waals surface area contributed by atoms with Crippen molar-refractivity contribution in [1.29, 1.82) is 0 Å². The van der Waals surface area contributed by atoms with Crippen molar-refractivity contribution in [3.05, 3.63) is 205 Å². The zero-order chi connectivity index (χ0) is 38.1. The number of hydrogen-bond acceptors (Lipinski definition) is 2. The van der Waals surface area contributed by atoms with Crippen LogP contribution in [0.25, 0.3) is 99.6 Å². The van der Waals surface area contributed by atoms with E-state index < -0.39 is 0 Å². The molecule has 1 aliphatic rings. The van der Waals surface area contributed by atoms with Gasteiger partial charge < -0.3 is 0 Å². The first kappa shape index (κ1) is 33.2. The molecule has 9 aromatic carbocycles. The van der Waals surface area contributed by atoms with Crippen molar-refractivity contribution in [2.75, 3.05) is 0 Å². The minimum Gasteiger partial charge on any atom is -0.228 e. The molecule has 0 atom stereocenters. The minimum atomic E-state index is -0.138. The highest BCUT2D eigenvalue weighted by Gasteiger charge is 2.38. The molecule has 0 saturated heterocycles. The minimum absolute atomic E-state index is 0.138. The second-order valence-corrected chi connectivity index (χ2v) is 15.7. The molecule has 57 heavy (non-hydrogen) atoms. The molecule has 0 saturated carbocycles. The van der Waals surface area contributed by atoms with Crippen LogP contribution in [-0.4, -0.2) is 9.97 Å². The summed E-state index contributed by atoms with van der Waals surface area (Å²) >= 11 is 0. The lowest BCUT2D eigenvalue weighted by molar-refractivity contribution is 0.668. The van der Waals surface area contributed by atoms with Gasteiger partial charge in [-0.15, -0.1) is 0 Å². The van der Waals surface area contributed by atoms with Crippen molar-refractivity contribution >= 4 is 32.3 Å². The average Bonchev–Trinajstić information content (AvgIpc) is 3.52. The van der Waals surface area contributed by atoms with Gasteiger partial charge in [0.25, 0.3) is 0 Å². The van der Waals surface area contributed by atoms with Gasteiger partial charge in [-0.1, -0.05) is 190 Å². The maximum Gasteiger partial charge on any atom is 0.161 e. The molecule has 1 aliphatic carbocycles. The van der Waals surface area contributed by atoms with E-state index in [1.165, 1.54) is 71.4 Å². The van der Waals surface area contributed by atoms with E-state index in [1.807, 2.05) is 6.07 Å². The fourth-order valence-corrected chi connectivity index (χ4v) is 9.38. The van der Waals surface area contributed by atoms with Crippen LogP contribution in [0.15, 0.2) is 194 Å². The molecule has 10 aromatic rings. The number of benzene rings is 9. The van der Waals surface area contributed by atoms with Crippen LogP contribution < -0.4 is 0 Å². The lowest BCUT2D eigenvalue weighted by Gasteiger charge is -2.26. The summed E-state index contributed by atoms with van der Waals surface area (Å²) in [6.07, 6.45) is 0. The molecule has 11 rings (SSSR count). The normalized spacial score (nSPS) is 12.9. The van der Waals surface area contributed by atoms with Crippen molar-refractivity contribution in [3.63, 3.8) is 0 Å². The van der Waals surface area contributed by atoms with Gasteiger partial charge in [-0.25, -0.2) is 9.97 Å². The number of aromatic nitrogens is 2. The van der Waals surface area contributed by atoms with E-state index in [1.54, 1.807) is 0 Å². The Morgan fingerprint density at radius 1 is 0.316 bits per heavy atom. The standard InChI is InChI=1S/C55H38N2/c1-55(2)52-44(21-12-22-47(52)48-30-29-36-14-8-9-18-43(36)53(48)55)38-26-24-37(25-27-38)42-31-32-49(46-20-11-10-19-45(42)46)54-56-50(39-15-4-3-5-16-39)34-51(57-54)41-28-23-35-13-6-7-17-40(35)33-41/h3-34H,1-2H3. The fourth-order valence-electron chi connectivity index (χ4n) is 9.38. The Labute approximate surface area is 332 Å². The van der Waals surface area contributed by atoms with Gasteiger partial charge in [-0.2, -0.15) is 0 Å². The monoisotopic (exact) mass is 726 g/mol. The highest BCUT2D eigenvalue weighted by Crippen LogP contribution is 2.54. The zero-order valence-electron chi connectivity index (χ0n) is 31.9. The summed E-state index contributed by atoms with van der Waals surface area (Å²) in [5.41, 5.74) is 15.2. The third kappa shape index (κ3) is 5.40. The molecule has 1 heterocycles. The Kier molecular flexibility index (Phi) is 7.55. The van der Waals surface area contributed by atoms with E-state index in [2.05, 4.69) is 202 Å². The smallest absolute Gasteiger partial charge is 0.161 e. The van der Waals surface area contributed by atoms with Crippen molar-refractivity contribution in [2.24, 2.45) is 0 Å². The van der Waals surface area contributed by atoms with Crippen LogP contribution in [0.2, 0.25) is 0 Å². The van der Waals surface area contributed by atoms with Gasteiger partial charge in [-0.3, -0.25) is 0 Å². The van der Waals surface area contributed by atoms with Crippen LogP contribution >= 0.6 is 0 Å². The van der Waals surface area contributed by atoms with Gasteiger partial charge in [0, 0.05) is 22.1 Å². The summed E-state index contributed by atoms with van der Waals surface area (Å²) in [5.74, 6) is 0.715. The highest BCUT2D eigenvalue weighted by molar-refractivity contribution is 6.05. The second kappa shape index (κ2) is 13.0. The summed E-state index contributed by atoms with van der Waals surface area (Å²) in [5, 5.41) is 7.34. The SMILES string of the molecule is CC1(C)c2c(-c3ccc(-c4ccc(-c5nc(-c6ccccc6)cc(-c6ccc7ccccc7c6)n5)c5ccccc45)cc3)cccc2-c2ccc3ccccc3c21. The highest BCUT2D eigenvalue weighted by atomic mass is 14.9. The number of nitrogens with zero attached hydrogens (tertiary/aromatic N) is 2. The van der Waals surface area contributed by atoms with Crippen LogP contribution in [-0.2, 0) is 5.41 Å². The Morgan fingerprint density at radius 3 is 1.61 bits per heavy atom. The van der Waals surface area contributed by atoms with Gasteiger partial charge in [0.2, 0.25) is 0 Å². The van der Waals surface area contributed by atoms with Gasteiger partial charge in [-0.05, 0) is 95.0 Å². The van der Waals surface area contributed by atoms with Crippen LogP contribution in [0.5, 0.6) is 0 Å². The molecule has 0 unspecified atom stereocenters. The molecule has 1 aromatic heterocycles. The van der Waals surface area contributed by atoms with Crippen LogP contribution in [0.3, 0.4) is 0 Å². The summed E-state index contributed by atoms with van der Waals surface area (Å²) in [7, 11) is 0. The molecule has 0 radical (unpaired) electrons. The number of fused-ring (bicyclic) bond motifs is 7. The Hall–Kier alpha value is -7.16. The van der Waals surface area contributed by atoms with Crippen molar-refractivity contribution in [1.82, 2.24) is 9.97 Å². The molecule has 0 bridgehead atoms. The molecule has 2 heteroatoms. The molecule has 268 valence electrons. The maximum absolute atomic E-state index is 5.26.